The van der Waals surface area contributed by atoms with Gasteiger partial charge in [-0.05, 0) is 24.0 Å². The van der Waals surface area contributed by atoms with Crippen LogP contribution in [-0.2, 0) is 22.4 Å². The van der Waals surface area contributed by atoms with Gasteiger partial charge in [0.2, 0.25) is 0 Å². The summed E-state index contributed by atoms with van der Waals surface area (Å²) >= 11 is 0. The number of carbonyl (C=O) groups excluding carboxylic acids is 2. The van der Waals surface area contributed by atoms with E-state index in [9.17, 15) is 19.7 Å². The zero-order valence-electron chi connectivity index (χ0n) is 17.3. The largest absolute Gasteiger partial charge is 0.493 e. The number of nitro benzene ring substituents is 1. The Labute approximate surface area is 174 Å². The lowest BCUT2D eigenvalue weighted by Gasteiger charge is -2.14. The summed E-state index contributed by atoms with van der Waals surface area (Å²) in [6.07, 6.45) is 1.45. The number of rotatable bonds is 9. The van der Waals surface area contributed by atoms with Gasteiger partial charge in [0, 0.05) is 11.8 Å². The number of carbonyl (C=O) groups is 2. The third-order valence-electron chi connectivity index (χ3n) is 4.52. The number of hydrogen-bond acceptors (Lipinski definition) is 7. The summed E-state index contributed by atoms with van der Waals surface area (Å²) in [6.45, 7) is 3.35. The quantitative estimate of drug-likeness (QED) is 0.377. The summed E-state index contributed by atoms with van der Waals surface area (Å²) in [7, 11) is 2.66. The molecule has 2 rings (SSSR count). The number of ether oxygens (including phenoxy) is 3. The molecule has 0 atom stereocenters. The van der Waals surface area contributed by atoms with Crippen molar-refractivity contribution in [3.05, 3.63) is 57.1 Å². The van der Waals surface area contributed by atoms with E-state index >= 15 is 0 Å². The second-order valence-electron chi connectivity index (χ2n) is 6.26. The van der Waals surface area contributed by atoms with E-state index < -0.39 is 29.1 Å². The first-order chi connectivity index (χ1) is 14.4. The van der Waals surface area contributed by atoms with Gasteiger partial charge in [0.05, 0.1) is 25.2 Å². The topological polar surface area (TPSA) is 117 Å². The molecule has 0 aliphatic rings. The van der Waals surface area contributed by atoms with Crippen LogP contribution in [0, 0.1) is 10.1 Å². The van der Waals surface area contributed by atoms with Crippen molar-refractivity contribution in [2.75, 3.05) is 26.1 Å². The molecule has 0 aliphatic heterocycles. The lowest BCUT2D eigenvalue weighted by Crippen LogP contribution is -2.22. The molecule has 2 aromatic rings. The molecule has 9 nitrogen and oxygen atoms in total. The molecule has 0 radical (unpaired) electrons. The molecule has 0 fully saturated rings. The van der Waals surface area contributed by atoms with E-state index in [1.165, 1.54) is 14.2 Å². The fourth-order valence-electron chi connectivity index (χ4n) is 2.97. The van der Waals surface area contributed by atoms with Crippen molar-refractivity contribution < 1.29 is 28.7 Å². The number of aryl methyl sites for hydroxylation is 2. The average molecular weight is 416 g/mol. The van der Waals surface area contributed by atoms with Crippen LogP contribution in [0.5, 0.6) is 11.5 Å². The molecular weight excluding hydrogens is 392 g/mol. The molecule has 0 saturated carbocycles. The first-order valence-corrected chi connectivity index (χ1v) is 9.34. The van der Waals surface area contributed by atoms with Crippen LogP contribution in [-0.4, -0.2) is 37.6 Å². The number of para-hydroxylation sites is 1. The lowest BCUT2D eigenvalue weighted by molar-refractivity contribution is -0.385. The third kappa shape index (κ3) is 5.05. The number of amides is 1. The van der Waals surface area contributed by atoms with E-state index in [-0.39, 0.29) is 17.1 Å². The van der Waals surface area contributed by atoms with Crippen molar-refractivity contribution in [3.8, 4) is 11.5 Å². The van der Waals surface area contributed by atoms with Crippen molar-refractivity contribution in [2.24, 2.45) is 0 Å². The Morgan fingerprint density at radius 1 is 1.03 bits per heavy atom. The van der Waals surface area contributed by atoms with Crippen LogP contribution in [0.15, 0.2) is 30.3 Å². The number of nitrogens with one attached hydrogen (secondary N) is 1. The van der Waals surface area contributed by atoms with E-state index in [1.807, 2.05) is 32.0 Å². The van der Waals surface area contributed by atoms with Crippen molar-refractivity contribution in [1.82, 2.24) is 0 Å². The van der Waals surface area contributed by atoms with Crippen LogP contribution in [0.3, 0.4) is 0 Å². The summed E-state index contributed by atoms with van der Waals surface area (Å²) in [5.41, 5.74) is 1.77. The highest BCUT2D eigenvalue weighted by Crippen LogP contribution is 2.34. The molecule has 160 valence electrons. The van der Waals surface area contributed by atoms with Crippen molar-refractivity contribution >= 4 is 23.3 Å². The number of esters is 1. The van der Waals surface area contributed by atoms with Gasteiger partial charge in [0.25, 0.3) is 11.6 Å². The lowest BCUT2D eigenvalue weighted by atomic mass is 10.0. The molecule has 0 aromatic heterocycles. The van der Waals surface area contributed by atoms with Crippen LogP contribution >= 0.6 is 0 Å². The van der Waals surface area contributed by atoms with Gasteiger partial charge in [-0.15, -0.1) is 0 Å². The second kappa shape index (κ2) is 10.2. The summed E-state index contributed by atoms with van der Waals surface area (Å²) in [4.78, 5) is 35.4. The zero-order valence-corrected chi connectivity index (χ0v) is 17.3. The Bertz CT molecular complexity index is 934. The predicted molar refractivity (Wildman–Crippen MR) is 110 cm³/mol. The molecule has 0 unspecified atom stereocenters. The van der Waals surface area contributed by atoms with Gasteiger partial charge in [0.15, 0.2) is 18.1 Å². The zero-order chi connectivity index (χ0) is 22.3. The normalized spacial score (nSPS) is 10.3. The smallest absolute Gasteiger partial charge is 0.345 e. The number of hydrogen-bond donors (Lipinski definition) is 1. The second-order valence-corrected chi connectivity index (χ2v) is 6.26. The highest BCUT2D eigenvalue weighted by molar-refractivity contribution is 5.98. The fourth-order valence-corrected chi connectivity index (χ4v) is 2.97. The minimum atomic E-state index is -1.02. The summed E-state index contributed by atoms with van der Waals surface area (Å²) in [5, 5.41) is 14.1. The monoisotopic (exact) mass is 416 g/mol. The van der Waals surface area contributed by atoms with Crippen LogP contribution < -0.4 is 14.8 Å². The van der Waals surface area contributed by atoms with E-state index in [1.54, 1.807) is 0 Å². The Balaban J connectivity index is 2.18. The molecule has 0 bridgehead atoms. The summed E-state index contributed by atoms with van der Waals surface area (Å²) < 4.78 is 15.1. The molecule has 30 heavy (non-hydrogen) atoms. The minimum Gasteiger partial charge on any atom is -0.493 e. The van der Waals surface area contributed by atoms with Crippen LogP contribution in [0.2, 0.25) is 0 Å². The Morgan fingerprint density at radius 2 is 1.60 bits per heavy atom. The predicted octanol–water partition coefficient (Wildman–Crippen LogP) is 3.53. The average Bonchev–Trinajstić information content (AvgIpc) is 2.76. The van der Waals surface area contributed by atoms with E-state index in [2.05, 4.69) is 5.32 Å². The maximum absolute atomic E-state index is 12.4. The van der Waals surface area contributed by atoms with Gasteiger partial charge < -0.3 is 19.5 Å². The van der Waals surface area contributed by atoms with Crippen molar-refractivity contribution in [1.29, 1.82) is 0 Å². The molecular formula is C21H24N2O7. The van der Waals surface area contributed by atoms with Gasteiger partial charge in [-0.2, -0.15) is 0 Å². The highest BCUT2D eigenvalue weighted by atomic mass is 16.6. The highest BCUT2D eigenvalue weighted by Gasteiger charge is 2.26. The molecule has 1 amide bonds. The Morgan fingerprint density at radius 3 is 2.10 bits per heavy atom. The molecule has 9 heteroatoms. The minimum absolute atomic E-state index is 0.0989. The number of methoxy groups -OCH3 is 2. The molecule has 0 spiro atoms. The van der Waals surface area contributed by atoms with Crippen LogP contribution in [0.1, 0.15) is 35.3 Å². The molecule has 0 saturated heterocycles. The Hall–Kier alpha value is -3.62. The van der Waals surface area contributed by atoms with Gasteiger partial charge >= 0.3 is 5.97 Å². The van der Waals surface area contributed by atoms with Gasteiger partial charge in [-0.25, -0.2) is 4.79 Å². The number of nitro groups is 1. The van der Waals surface area contributed by atoms with Crippen LogP contribution in [0.25, 0.3) is 0 Å². The fraction of sp³-hybridized carbons (Fsp3) is 0.333. The van der Waals surface area contributed by atoms with Crippen molar-refractivity contribution in [3.63, 3.8) is 0 Å². The van der Waals surface area contributed by atoms with Crippen molar-refractivity contribution in [2.45, 2.75) is 26.7 Å². The van der Waals surface area contributed by atoms with Crippen LogP contribution in [0.4, 0.5) is 11.4 Å². The maximum atomic E-state index is 12.4. The third-order valence-corrected chi connectivity index (χ3v) is 4.52. The summed E-state index contributed by atoms with van der Waals surface area (Å²) in [6, 6.07) is 7.96. The number of benzene rings is 2. The van der Waals surface area contributed by atoms with E-state index in [0.29, 0.717) is 5.69 Å². The molecule has 0 heterocycles. The van der Waals surface area contributed by atoms with Gasteiger partial charge in [0.1, 0.15) is 5.56 Å². The van der Waals surface area contributed by atoms with Gasteiger partial charge in [-0.1, -0.05) is 32.0 Å². The molecule has 0 aliphatic carbocycles. The first-order valence-electron chi connectivity index (χ1n) is 9.34. The molecule has 2 aromatic carbocycles. The number of nitrogens with zero attached hydrogens (tertiary/aromatic N) is 1. The maximum Gasteiger partial charge on any atom is 0.345 e. The summed E-state index contributed by atoms with van der Waals surface area (Å²) in [5.74, 6) is -1.33. The van der Waals surface area contributed by atoms with Gasteiger partial charge in [-0.3, -0.25) is 14.9 Å². The SMILES string of the molecule is CCc1cccc(CC)c1NC(=O)COC(=O)c1cc(OC)c(OC)cc1[N+](=O)[O-]. The van der Waals surface area contributed by atoms with E-state index in [4.69, 9.17) is 14.2 Å². The number of anilines is 1. The Kier molecular flexibility index (Phi) is 7.74. The molecule has 1 N–H and O–H groups in total. The standard InChI is InChI=1S/C21H24N2O7/c1-5-13-8-7-9-14(6-2)20(13)22-19(24)12-30-21(25)15-10-17(28-3)18(29-4)11-16(15)23(26)27/h7-11H,5-6,12H2,1-4H3,(H,22,24). The first kappa shape index (κ1) is 22.7. The van der Waals surface area contributed by atoms with E-state index in [0.717, 1.165) is 36.1 Å².